The molecule has 0 saturated carbocycles. The monoisotopic (exact) mass is 538 g/mol. The van der Waals surface area contributed by atoms with E-state index < -0.39 is 29.8 Å². The van der Waals surface area contributed by atoms with Gasteiger partial charge in [0, 0.05) is 23.5 Å². The summed E-state index contributed by atoms with van der Waals surface area (Å²) in [5.74, 6) is -1.67. The van der Waals surface area contributed by atoms with Crippen molar-refractivity contribution in [3.63, 3.8) is 0 Å². The van der Waals surface area contributed by atoms with Crippen molar-refractivity contribution in [1.82, 2.24) is 10.3 Å². The molecule has 0 aliphatic rings. The standard InChI is InChI=1S/C27H30N4O6S/c1-3-36-23(32)14-20(15-24(33)37-4-2)19-10-12-21(13-11-19)29-25(34)22-17-38-27(30-22)31-26(35)28-16-18-8-6-5-7-9-18/h5-13,17,20H,3-4,14-16H2,1-2H3,(H,29,34)(H2,28,30,31,35). The van der Waals surface area contributed by atoms with Crippen LogP contribution in [0, 0.1) is 0 Å². The van der Waals surface area contributed by atoms with E-state index in [0.29, 0.717) is 12.2 Å². The van der Waals surface area contributed by atoms with E-state index in [1.54, 1.807) is 43.5 Å². The molecular weight excluding hydrogens is 508 g/mol. The van der Waals surface area contributed by atoms with Crippen molar-refractivity contribution < 1.29 is 28.7 Å². The summed E-state index contributed by atoms with van der Waals surface area (Å²) in [4.78, 5) is 53.1. The van der Waals surface area contributed by atoms with Crippen molar-refractivity contribution in [2.75, 3.05) is 23.8 Å². The lowest BCUT2D eigenvalue weighted by atomic mass is 9.92. The maximum atomic E-state index is 12.7. The van der Waals surface area contributed by atoms with Crippen molar-refractivity contribution in [2.45, 2.75) is 39.2 Å². The van der Waals surface area contributed by atoms with E-state index in [1.807, 2.05) is 30.3 Å². The summed E-state index contributed by atoms with van der Waals surface area (Å²) < 4.78 is 10.1. The van der Waals surface area contributed by atoms with Crippen molar-refractivity contribution in [3.8, 4) is 0 Å². The van der Waals surface area contributed by atoms with Gasteiger partial charge in [0.1, 0.15) is 5.69 Å². The lowest BCUT2D eigenvalue weighted by Gasteiger charge is -2.16. The number of rotatable bonds is 12. The van der Waals surface area contributed by atoms with Crippen LogP contribution in [0.15, 0.2) is 60.0 Å². The number of benzene rings is 2. The first-order chi connectivity index (χ1) is 18.4. The second-order valence-corrected chi connectivity index (χ2v) is 8.98. The molecule has 0 unspecified atom stereocenters. The summed E-state index contributed by atoms with van der Waals surface area (Å²) in [6.45, 7) is 4.31. The average molecular weight is 539 g/mol. The number of esters is 2. The average Bonchev–Trinajstić information content (AvgIpc) is 3.37. The molecule has 3 aromatic rings. The molecule has 11 heteroatoms. The Bertz CT molecular complexity index is 1210. The third-order valence-corrected chi connectivity index (χ3v) is 6.09. The van der Waals surface area contributed by atoms with E-state index in [9.17, 15) is 19.2 Å². The summed E-state index contributed by atoms with van der Waals surface area (Å²) in [7, 11) is 0. The fourth-order valence-electron chi connectivity index (χ4n) is 3.54. The molecule has 3 amide bonds. The van der Waals surface area contributed by atoms with Gasteiger partial charge in [-0.15, -0.1) is 11.3 Å². The smallest absolute Gasteiger partial charge is 0.321 e. The molecule has 0 radical (unpaired) electrons. The zero-order valence-corrected chi connectivity index (χ0v) is 22.0. The number of amides is 3. The maximum Gasteiger partial charge on any atom is 0.321 e. The van der Waals surface area contributed by atoms with Gasteiger partial charge >= 0.3 is 18.0 Å². The number of nitrogens with one attached hydrogen (secondary N) is 3. The molecule has 0 bridgehead atoms. The van der Waals surface area contributed by atoms with Crippen LogP contribution in [0.5, 0.6) is 0 Å². The number of aromatic nitrogens is 1. The summed E-state index contributed by atoms with van der Waals surface area (Å²) in [6, 6.07) is 15.9. The van der Waals surface area contributed by atoms with Crippen molar-refractivity contribution in [2.24, 2.45) is 0 Å². The Morgan fingerprint density at radius 3 is 2.11 bits per heavy atom. The largest absolute Gasteiger partial charge is 0.466 e. The van der Waals surface area contributed by atoms with Crippen LogP contribution in [0.1, 0.15) is 54.2 Å². The van der Waals surface area contributed by atoms with Gasteiger partial charge in [0.25, 0.3) is 5.91 Å². The SMILES string of the molecule is CCOC(=O)CC(CC(=O)OCC)c1ccc(NC(=O)c2csc(NC(=O)NCc3ccccc3)n2)cc1. The Morgan fingerprint density at radius 2 is 1.50 bits per heavy atom. The minimum Gasteiger partial charge on any atom is -0.466 e. The third-order valence-electron chi connectivity index (χ3n) is 5.33. The van der Waals surface area contributed by atoms with Crippen LogP contribution in [0.25, 0.3) is 0 Å². The summed E-state index contributed by atoms with van der Waals surface area (Å²) in [5, 5.41) is 9.95. The maximum absolute atomic E-state index is 12.7. The highest BCUT2D eigenvalue weighted by atomic mass is 32.1. The third kappa shape index (κ3) is 9.00. The Morgan fingerprint density at radius 1 is 0.868 bits per heavy atom. The Hall–Kier alpha value is -4.25. The number of hydrogen-bond acceptors (Lipinski definition) is 8. The van der Waals surface area contributed by atoms with Crippen LogP contribution in [-0.2, 0) is 25.6 Å². The van der Waals surface area contributed by atoms with Gasteiger partial charge in [0.15, 0.2) is 5.13 Å². The summed E-state index contributed by atoms with van der Waals surface area (Å²) >= 11 is 1.13. The van der Waals surface area contributed by atoms with Gasteiger partial charge in [-0.1, -0.05) is 42.5 Å². The van der Waals surface area contributed by atoms with Gasteiger partial charge in [0.2, 0.25) is 0 Å². The molecular formula is C27H30N4O6S. The summed E-state index contributed by atoms with van der Waals surface area (Å²) in [6.07, 6.45) is 0.0672. The van der Waals surface area contributed by atoms with Crippen LogP contribution >= 0.6 is 11.3 Å². The molecule has 0 atom stereocenters. The Kier molecular flexibility index (Phi) is 10.8. The van der Waals surface area contributed by atoms with E-state index in [2.05, 4.69) is 20.9 Å². The number of hydrogen-bond donors (Lipinski definition) is 3. The molecule has 1 aromatic heterocycles. The molecule has 3 N–H and O–H groups in total. The quantitative estimate of drug-likeness (QED) is 0.284. The fraction of sp³-hybridized carbons (Fsp3) is 0.296. The van der Waals surface area contributed by atoms with Crippen molar-refractivity contribution in [1.29, 1.82) is 0 Å². The molecule has 2 aromatic carbocycles. The number of carbonyl (C=O) groups excluding carboxylic acids is 4. The number of urea groups is 1. The van der Waals surface area contributed by atoms with Gasteiger partial charge in [-0.2, -0.15) is 0 Å². The highest BCUT2D eigenvalue weighted by Crippen LogP contribution is 2.26. The normalized spacial score (nSPS) is 10.5. The van der Waals surface area contributed by atoms with Crippen LogP contribution in [0.2, 0.25) is 0 Å². The van der Waals surface area contributed by atoms with E-state index in [-0.39, 0.29) is 36.9 Å². The molecule has 1 heterocycles. The molecule has 0 aliphatic heterocycles. The fourth-order valence-corrected chi connectivity index (χ4v) is 4.22. The van der Waals surface area contributed by atoms with Crippen LogP contribution in [0.4, 0.5) is 15.6 Å². The van der Waals surface area contributed by atoms with Gasteiger partial charge in [0.05, 0.1) is 26.1 Å². The Labute approximate surface area is 224 Å². The molecule has 0 aliphatic carbocycles. The molecule has 200 valence electrons. The second-order valence-electron chi connectivity index (χ2n) is 8.12. The van der Waals surface area contributed by atoms with E-state index in [0.717, 1.165) is 22.5 Å². The van der Waals surface area contributed by atoms with E-state index in [4.69, 9.17) is 9.47 Å². The van der Waals surface area contributed by atoms with Crippen molar-refractivity contribution >= 4 is 46.0 Å². The van der Waals surface area contributed by atoms with E-state index in [1.165, 1.54) is 0 Å². The zero-order chi connectivity index (χ0) is 27.3. The van der Waals surface area contributed by atoms with Gasteiger partial charge in [-0.05, 0) is 37.1 Å². The highest BCUT2D eigenvalue weighted by molar-refractivity contribution is 7.14. The predicted octanol–water partition coefficient (Wildman–Crippen LogP) is 4.71. The van der Waals surface area contributed by atoms with Gasteiger partial charge in [-0.25, -0.2) is 9.78 Å². The minimum atomic E-state index is -0.443. The topological polar surface area (TPSA) is 136 Å². The minimum absolute atomic E-state index is 0.0336. The van der Waals surface area contributed by atoms with Crippen LogP contribution in [0.3, 0.4) is 0 Å². The molecule has 10 nitrogen and oxygen atoms in total. The molecule has 0 spiro atoms. The van der Waals surface area contributed by atoms with Crippen LogP contribution < -0.4 is 16.0 Å². The Balaban J connectivity index is 1.56. The van der Waals surface area contributed by atoms with E-state index >= 15 is 0 Å². The first kappa shape index (κ1) is 28.3. The number of ether oxygens (including phenoxy) is 2. The lowest BCUT2D eigenvalue weighted by Crippen LogP contribution is -2.28. The number of thiazole rings is 1. The first-order valence-electron chi connectivity index (χ1n) is 12.1. The molecule has 3 rings (SSSR count). The number of anilines is 2. The second kappa shape index (κ2) is 14.5. The van der Waals surface area contributed by atoms with Crippen molar-refractivity contribution in [3.05, 3.63) is 76.8 Å². The number of nitrogens with zero attached hydrogens (tertiary/aromatic N) is 1. The van der Waals surface area contributed by atoms with Gasteiger partial charge in [-0.3, -0.25) is 19.7 Å². The van der Waals surface area contributed by atoms with Gasteiger partial charge < -0.3 is 20.1 Å². The molecule has 0 fully saturated rings. The lowest BCUT2D eigenvalue weighted by molar-refractivity contribution is -0.145. The first-order valence-corrected chi connectivity index (χ1v) is 13.0. The summed E-state index contributed by atoms with van der Waals surface area (Å²) in [5.41, 5.74) is 2.36. The molecule has 38 heavy (non-hydrogen) atoms. The predicted molar refractivity (Wildman–Crippen MR) is 144 cm³/mol. The molecule has 0 saturated heterocycles. The number of carbonyl (C=O) groups is 4. The van der Waals surface area contributed by atoms with Crippen LogP contribution in [-0.4, -0.2) is 42.1 Å². The highest BCUT2D eigenvalue weighted by Gasteiger charge is 2.21. The zero-order valence-electron chi connectivity index (χ0n) is 21.2.